The van der Waals surface area contributed by atoms with Crippen molar-refractivity contribution in [1.82, 2.24) is 4.90 Å². The number of hydrogen-bond acceptors (Lipinski definition) is 2. The van der Waals surface area contributed by atoms with Gasteiger partial charge in [-0.15, -0.1) is 0 Å². The van der Waals surface area contributed by atoms with Gasteiger partial charge >= 0.3 is 0 Å². The van der Waals surface area contributed by atoms with Crippen LogP contribution < -0.4 is 0 Å². The number of unbranched alkanes of at least 4 members (excludes halogenated alkanes) is 4. The highest BCUT2D eigenvalue weighted by Crippen LogP contribution is 2.19. The molecule has 1 aliphatic heterocycles. The van der Waals surface area contributed by atoms with Crippen LogP contribution in [-0.4, -0.2) is 37.1 Å². The molecule has 0 saturated carbocycles. The SMILES string of the molecule is CCCCCCCC(=O)N1CCC[C@H]1COC. The molecule has 100 valence electrons. The minimum Gasteiger partial charge on any atom is -0.383 e. The van der Waals surface area contributed by atoms with Crippen molar-refractivity contribution >= 4 is 5.91 Å². The van der Waals surface area contributed by atoms with Gasteiger partial charge in [-0.25, -0.2) is 0 Å². The van der Waals surface area contributed by atoms with Crippen molar-refractivity contribution in [2.24, 2.45) is 0 Å². The standard InChI is InChI=1S/C14H27NO2/c1-3-4-5-6-7-10-14(16)15-11-8-9-13(15)12-17-2/h13H,3-12H2,1-2H3/t13-/m0/s1. The molecule has 1 rings (SSSR count). The summed E-state index contributed by atoms with van der Waals surface area (Å²) in [6.45, 7) is 3.84. The van der Waals surface area contributed by atoms with Crippen LogP contribution in [0.15, 0.2) is 0 Å². The highest BCUT2D eigenvalue weighted by molar-refractivity contribution is 5.76. The molecule has 0 bridgehead atoms. The summed E-state index contributed by atoms with van der Waals surface area (Å²) >= 11 is 0. The largest absolute Gasteiger partial charge is 0.383 e. The van der Waals surface area contributed by atoms with Crippen LogP contribution in [-0.2, 0) is 9.53 Å². The molecule has 0 aromatic carbocycles. The molecule has 1 atom stereocenters. The summed E-state index contributed by atoms with van der Waals surface area (Å²) in [5.41, 5.74) is 0. The maximum Gasteiger partial charge on any atom is 0.222 e. The van der Waals surface area contributed by atoms with Gasteiger partial charge in [0, 0.05) is 20.1 Å². The molecule has 0 aromatic heterocycles. The van der Waals surface area contributed by atoms with Crippen molar-refractivity contribution in [2.75, 3.05) is 20.3 Å². The molecule has 1 fully saturated rings. The van der Waals surface area contributed by atoms with Crippen molar-refractivity contribution in [3.8, 4) is 0 Å². The normalized spacial score (nSPS) is 19.9. The van der Waals surface area contributed by atoms with Gasteiger partial charge in [-0.3, -0.25) is 4.79 Å². The van der Waals surface area contributed by atoms with E-state index in [1.165, 1.54) is 25.7 Å². The second-order valence-electron chi connectivity index (χ2n) is 5.00. The summed E-state index contributed by atoms with van der Waals surface area (Å²) in [7, 11) is 1.71. The fraction of sp³-hybridized carbons (Fsp3) is 0.929. The lowest BCUT2D eigenvalue weighted by Gasteiger charge is -2.24. The zero-order valence-electron chi connectivity index (χ0n) is 11.4. The van der Waals surface area contributed by atoms with Gasteiger partial charge in [0.15, 0.2) is 0 Å². The van der Waals surface area contributed by atoms with Gasteiger partial charge in [0.2, 0.25) is 5.91 Å². The Bertz CT molecular complexity index is 218. The molecule has 0 aromatic rings. The van der Waals surface area contributed by atoms with E-state index in [-0.39, 0.29) is 0 Å². The first-order valence-corrected chi connectivity index (χ1v) is 7.08. The van der Waals surface area contributed by atoms with E-state index in [9.17, 15) is 4.79 Å². The Morgan fingerprint density at radius 3 is 2.76 bits per heavy atom. The third-order valence-corrected chi connectivity index (χ3v) is 3.55. The van der Waals surface area contributed by atoms with Crippen LogP contribution in [0.5, 0.6) is 0 Å². The average Bonchev–Trinajstić information content (AvgIpc) is 2.77. The second kappa shape index (κ2) is 8.51. The Morgan fingerprint density at radius 1 is 1.29 bits per heavy atom. The average molecular weight is 241 g/mol. The van der Waals surface area contributed by atoms with Crippen molar-refractivity contribution in [1.29, 1.82) is 0 Å². The van der Waals surface area contributed by atoms with Crippen LogP contribution in [0.25, 0.3) is 0 Å². The number of carbonyl (C=O) groups is 1. The van der Waals surface area contributed by atoms with Gasteiger partial charge in [0.25, 0.3) is 0 Å². The third-order valence-electron chi connectivity index (χ3n) is 3.55. The Hall–Kier alpha value is -0.570. The van der Waals surface area contributed by atoms with Crippen LogP contribution in [0, 0.1) is 0 Å². The lowest BCUT2D eigenvalue weighted by molar-refractivity contribution is -0.133. The minimum absolute atomic E-state index is 0.334. The molecule has 3 nitrogen and oxygen atoms in total. The van der Waals surface area contributed by atoms with E-state index in [4.69, 9.17) is 4.74 Å². The predicted molar refractivity (Wildman–Crippen MR) is 70.0 cm³/mol. The van der Waals surface area contributed by atoms with E-state index in [2.05, 4.69) is 6.92 Å². The molecule has 1 heterocycles. The van der Waals surface area contributed by atoms with Crippen molar-refractivity contribution < 1.29 is 9.53 Å². The first-order valence-electron chi connectivity index (χ1n) is 7.08. The monoisotopic (exact) mass is 241 g/mol. The quantitative estimate of drug-likeness (QED) is 0.611. The van der Waals surface area contributed by atoms with Crippen molar-refractivity contribution in [3.63, 3.8) is 0 Å². The molecule has 1 aliphatic rings. The molecule has 0 unspecified atom stereocenters. The Labute approximate surface area is 106 Å². The highest BCUT2D eigenvalue weighted by Gasteiger charge is 2.27. The summed E-state index contributed by atoms with van der Waals surface area (Å²) in [4.78, 5) is 14.1. The van der Waals surface area contributed by atoms with E-state index >= 15 is 0 Å². The van der Waals surface area contributed by atoms with E-state index in [1.807, 2.05) is 4.90 Å². The van der Waals surface area contributed by atoms with Gasteiger partial charge in [-0.05, 0) is 19.3 Å². The molecule has 0 radical (unpaired) electrons. The summed E-state index contributed by atoms with van der Waals surface area (Å²) in [5, 5.41) is 0. The van der Waals surface area contributed by atoms with Crippen LogP contribution in [0.4, 0.5) is 0 Å². The number of rotatable bonds is 8. The van der Waals surface area contributed by atoms with E-state index in [0.717, 1.165) is 32.2 Å². The van der Waals surface area contributed by atoms with Crippen LogP contribution >= 0.6 is 0 Å². The van der Waals surface area contributed by atoms with Gasteiger partial charge in [0.05, 0.1) is 12.6 Å². The lowest BCUT2D eigenvalue weighted by Crippen LogP contribution is -2.37. The van der Waals surface area contributed by atoms with Gasteiger partial charge in [0.1, 0.15) is 0 Å². The van der Waals surface area contributed by atoms with E-state index in [1.54, 1.807) is 7.11 Å². The Balaban J connectivity index is 2.17. The van der Waals surface area contributed by atoms with Gasteiger partial charge in [-0.2, -0.15) is 0 Å². The van der Waals surface area contributed by atoms with Crippen LogP contribution in [0.1, 0.15) is 58.3 Å². The van der Waals surface area contributed by atoms with E-state index < -0.39 is 0 Å². The predicted octanol–water partition coefficient (Wildman–Crippen LogP) is 2.98. The number of likely N-dealkylation sites (tertiary alicyclic amines) is 1. The first-order chi connectivity index (χ1) is 8.29. The van der Waals surface area contributed by atoms with Crippen LogP contribution in [0.2, 0.25) is 0 Å². The summed E-state index contributed by atoms with van der Waals surface area (Å²) in [6, 6.07) is 0.336. The third kappa shape index (κ3) is 5.07. The fourth-order valence-electron chi connectivity index (χ4n) is 2.55. The number of ether oxygens (including phenoxy) is 1. The Kier molecular flexibility index (Phi) is 7.25. The maximum absolute atomic E-state index is 12.0. The number of amides is 1. The second-order valence-corrected chi connectivity index (χ2v) is 5.00. The molecular formula is C14H27NO2. The summed E-state index contributed by atoms with van der Waals surface area (Å²) in [5.74, 6) is 0.334. The number of nitrogens with zero attached hydrogens (tertiary/aromatic N) is 1. The lowest BCUT2D eigenvalue weighted by atomic mass is 10.1. The molecule has 0 spiro atoms. The number of carbonyl (C=O) groups excluding carboxylic acids is 1. The molecule has 1 saturated heterocycles. The van der Waals surface area contributed by atoms with Crippen LogP contribution in [0.3, 0.4) is 0 Å². The molecule has 0 aliphatic carbocycles. The highest BCUT2D eigenvalue weighted by atomic mass is 16.5. The maximum atomic E-state index is 12.0. The summed E-state index contributed by atoms with van der Waals surface area (Å²) < 4.78 is 5.17. The smallest absolute Gasteiger partial charge is 0.222 e. The molecule has 3 heteroatoms. The number of hydrogen-bond donors (Lipinski definition) is 0. The molecule has 0 N–H and O–H groups in total. The molecular weight excluding hydrogens is 214 g/mol. The molecule has 17 heavy (non-hydrogen) atoms. The van der Waals surface area contributed by atoms with Gasteiger partial charge < -0.3 is 9.64 Å². The Morgan fingerprint density at radius 2 is 2.06 bits per heavy atom. The zero-order chi connectivity index (χ0) is 12.5. The first kappa shape index (κ1) is 14.5. The van der Waals surface area contributed by atoms with E-state index in [0.29, 0.717) is 18.6 Å². The summed E-state index contributed by atoms with van der Waals surface area (Å²) in [6.07, 6.45) is 9.04. The topological polar surface area (TPSA) is 29.5 Å². The van der Waals surface area contributed by atoms with Crippen molar-refractivity contribution in [3.05, 3.63) is 0 Å². The fourth-order valence-corrected chi connectivity index (χ4v) is 2.55. The van der Waals surface area contributed by atoms with Crippen molar-refractivity contribution in [2.45, 2.75) is 64.3 Å². The molecule has 1 amide bonds. The zero-order valence-corrected chi connectivity index (χ0v) is 11.4. The minimum atomic E-state index is 0.334. The number of methoxy groups -OCH3 is 1. The van der Waals surface area contributed by atoms with Gasteiger partial charge in [-0.1, -0.05) is 32.6 Å².